The second-order valence-electron chi connectivity index (χ2n) is 10.5. The summed E-state index contributed by atoms with van der Waals surface area (Å²) in [4.78, 5) is 57.2. The van der Waals surface area contributed by atoms with E-state index in [0.717, 1.165) is 38.2 Å². The Morgan fingerprint density at radius 1 is 1.08 bits per heavy atom. The Balaban J connectivity index is 1.27. The Bertz CT molecular complexity index is 1530. The Labute approximate surface area is 230 Å². The molecule has 2 aliphatic heterocycles. The van der Waals surface area contributed by atoms with E-state index in [1.165, 1.54) is 22.6 Å². The number of H-pyrrole nitrogens is 2. The molecular weight excluding hydrogens is 512 g/mol. The molecule has 0 radical (unpaired) electrons. The molecule has 202 valence electrons. The summed E-state index contributed by atoms with van der Waals surface area (Å²) in [6.07, 6.45) is 5.70. The minimum absolute atomic E-state index is 0.143. The molecule has 6 rings (SSSR count). The molecule has 0 saturated carbocycles. The van der Waals surface area contributed by atoms with Gasteiger partial charge in [0, 0.05) is 37.1 Å². The number of nitrogens with one attached hydrogen (secondary N) is 2. The molecule has 9 nitrogen and oxygen atoms in total. The zero-order valence-corrected chi connectivity index (χ0v) is 23.0. The normalized spacial score (nSPS) is 16.4. The zero-order valence-electron chi connectivity index (χ0n) is 22.2. The van der Waals surface area contributed by atoms with Crippen molar-refractivity contribution in [3.63, 3.8) is 0 Å². The zero-order chi connectivity index (χ0) is 27.1. The number of rotatable bonds is 9. The summed E-state index contributed by atoms with van der Waals surface area (Å²) in [5.41, 5.74) is 2.84. The highest BCUT2D eigenvalue weighted by Crippen LogP contribution is 2.32. The number of nitrogens with zero attached hydrogens (tertiary/aromatic N) is 4. The molecule has 4 aromatic rings. The van der Waals surface area contributed by atoms with Gasteiger partial charge in [-0.1, -0.05) is 6.07 Å². The number of thiophene rings is 1. The van der Waals surface area contributed by atoms with Crippen LogP contribution in [-0.2, 0) is 6.42 Å². The van der Waals surface area contributed by atoms with E-state index >= 15 is 0 Å². The van der Waals surface area contributed by atoms with Gasteiger partial charge >= 0.3 is 0 Å². The summed E-state index contributed by atoms with van der Waals surface area (Å²) in [5.74, 6) is -0.138. The fraction of sp³-hybridized carbons (Fsp3) is 0.379. The molecule has 5 heterocycles. The van der Waals surface area contributed by atoms with E-state index in [1.54, 1.807) is 29.7 Å². The van der Waals surface area contributed by atoms with Crippen molar-refractivity contribution < 1.29 is 9.59 Å². The van der Waals surface area contributed by atoms with Gasteiger partial charge in [0.15, 0.2) is 0 Å². The third-order valence-electron chi connectivity index (χ3n) is 7.92. The maximum Gasteiger partial charge on any atom is 0.261 e. The highest BCUT2D eigenvalue weighted by Gasteiger charge is 2.36. The van der Waals surface area contributed by atoms with Crippen LogP contribution in [0.2, 0.25) is 0 Å². The van der Waals surface area contributed by atoms with Gasteiger partial charge in [-0.25, -0.2) is 4.98 Å². The highest BCUT2D eigenvalue weighted by atomic mass is 32.1. The number of carbonyl (C=O) groups excluding carboxylic acids is 2. The molecule has 1 saturated heterocycles. The van der Waals surface area contributed by atoms with Crippen LogP contribution in [0.3, 0.4) is 0 Å². The lowest BCUT2D eigenvalue weighted by Crippen LogP contribution is -2.33. The number of anilines is 1. The number of fused-ring (bicyclic) bond motifs is 2. The monoisotopic (exact) mass is 544 g/mol. The third kappa shape index (κ3) is 4.79. The number of carbonyl (C=O) groups is 2. The Hall–Kier alpha value is -3.76. The van der Waals surface area contributed by atoms with E-state index in [0.29, 0.717) is 40.1 Å². The van der Waals surface area contributed by atoms with Crippen molar-refractivity contribution in [2.75, 3.05) is 38.1 Å². The van der Waals surface area contributed by atoms with Crippen LogP contribution in [0.5, 0.6) is 0 Å². The maximum atomic E-state index is 13.2. The smallest absolute Gasteiger partial charge is 0.261 e. The van der Waals surface area contributed by atoms with Crippen molar-refractivity contribution in [3.8, 4) is 11.4 Å². The topological polar surface area (TPSA) is 105 Å². The summed E-state index contributed by atoms with van der Waals surface area (Å²) >= 11 is 1.72. The van der Waals surface area contributed by atoms with Crippen molar-refractivity contribution in [2.24, 2.45) is 0 Å². The van der Waals surface area contributed by atoms with Gasteiger partial charge in [-0.05, 0) is 75.5 Å². The summed E-state index contributed by atoms with van der Waals surface area (Å²) in [6.45, 7) is 5.62. The largest absolute Gasteiger partial charge is 0.371 e. The maximum absolute atomic E-state index is 13.2. The van der Waals surface area contributed by atoms with Crippen molar-refractivity contribution in [3.05, 3.63) is 68.3 Å². The first kappa shape index (κ1) is 25.5. The molecule has 1 unspecified atom stereocenters. The fourth-order valence-corrected chi connectivity index (χ4v) is 6.49. The first-order valence-electron chi connectivity index (χ1n) is 13.5. The van der Waals surface area contributed by atoms with E-state index in [2.05, 4.69) is 38.1 Å². The average Bonchev–Trinajstić information content (AvgIpc) is 3.73. The van der Waals surface area contributed by atoms with E-state index in [9.17, 15) is 14.4 Å². The summed E-state index contributed by atoms with van der Waals surface area (Å²) < 4.78 is 0. The number of pyridine rings is 1. The number of likely N-dealkylation sites (tertiary alicyclic amines) is 1. The van der Waals surface area contributed by atoms with Gasteiger partial charge in [-0.3, -0.25) is 19.3 Å². The molecule has 2 N–H and O–H groups in total. The molecule has 0 bridgehead atoms. The fourth-order valence-electron chi connectivity index (χ4n) is 5.66. The van der Waals surface area contributed by atoms with Gasteiger partial charge in [0.25, 0.3) is 17.4 Å². The van der Waals surface area contributed by atoms with Crippen LogP contribution in [0.25, 0.3) is 22.4 Å². The van der Waals surface area contributed by atoms with Crippen LogP contribution in [0, 0.1) is 0 Å². The standard InChI is InChI=1S/C29H32N6O3S/c1-18(15-19-7-5-14-39-19)33(2)24-8-9-30-27(36)25(24)26-31-22-16-20-21(17-23(22)32-26)29(38)35(28(20)37)13-6-12-34-10-3-4-11-34/h5,7-9,14,16-18H,3-4,6,10-13,15H2,1-2H3,(H,30,36)(H,31,32). The minimum Gasteiger partial charge on any atom is -0.371 e. The average molecular weight is 545 g/mol. The molecule has 0 spiro atoms. The predicted molar refractivity (Wildman–Crippen MR) is 154 cm³/mol. The van der Waals surface area contributed by atoms with Crippen LogP contribution in [-0.4, -0.2) is 75.8 Å². The van der Waals surface area contributed by atoms with Crippen LogP contribution in [0.1, 0.15) is 51.8 Å². The summed E-state index contributed by atoms with van der Waals surface area (Å²) in [7, 11) is 1.98. The minimum atomic E-state index is -0.275. The quantitative estimate of drug-likeness (QED) is 0.307. The van der Waals surface area contributed by atoms with Crippen LogP contribution in [0.4, 0.5) is 5.69 Å². The lowest BCUT2D eigenvalue weighted by molar-refractivity contribution is 0.0648. The molecule has 2 amide bonds. The number of aromatic nitrogens is 3. The second-order valence-corrected chi connectivity index (χ2v) is 11.5. The molecule has 3 aromatic heterocycles. The predicted octanol–water partition coefficient (Wildman–Crippen LogP) is 4.13. The number of hydrogen-bond donors (Lipinski definition) is 2. The van der Waals surface area contributed by atoms with E-state index in [-0.39, 0.29) is 23.4 Å². The van der Waals surface area contributed by atoms with Crippen molar-refractivity contribution in [1.29, 1.82) is 0 Å². The SMILES string of the molecule is CC(Cc1cccs1)N(C)c1cc[nH]c(=O)c1-c1nc2cc3c(cc2[nH]1)C(=O)N(CCCN1CCCC1)C3=O. The van der Waals surface area contributed by atoms with Gasteiger partial charge in [-0.15, -0.1) is 11.3 Å². The Morgan fingerprint density at radius 2 is 1.85 bits per heavy atom. The molecule has 1 fully saturated rings. The third-order valence-corrected chi connectivity index (χ3v) is 8.82. The molecule has 0 aliphatic carbocycles. The number of benzene rings is 1. The van der Waals surface area contributed by atoms with Gasteiger partial charge in [-0.2, -0.15) is 0 Å². The molecule has 39 heavy (non-hydrogen) atoms. The molecule has 1 aromatic carbocycles. The van der Waals surface area contributed by atoms with E-state index in [4.69, 9.17) is 4.98 Å². The molecular formula is C29H32N6O3S. The van der Waals surface area contributed by atoms with E-state index in [1.807, 2.05) is 19.2 Å². The Kier molecular flexibility index (Phi) is 6.82. The highest BCUT2D eigenvalue weighted by molar-refractivity contribution is 7.09. The van der Waals surface area contributed by atoms with Crippen molar-refractivity contribution in [1.82, 2.24) is 24.8 Å². The van der Waals surface area contributed by atoms with Gasteiger partial charge in [0.2, 0.25) is 0 Å². The number of imidazole rings is 1. The number of hydrogen-bond acceptors (Lipinski definition) is 7. The van der Waals surface area contributed by atoms with Gasteiger partial charge in [0.1, 0.15) is 11.4 Å². The number of aromatic amines is 2. The number of imide groups is 1. The first-order valence-corrected chi connectivity index (χ1v) is 14.4. The number of amides is 2. The van der Waals surface area contributed by atoms with Crippen molar-refractivity contribution >= 4 is 39.9 Å². The lowest BCUT2D eigenvalue weighted by Gasteiger charge is -2.28. The Morgan fingerprint density at radius 3 is 2.59 bits per heavy atom. The molecule has 2 aliphatic rings. The van der Waals surface area contributed by atoms with Crippen LogP contribution >= 0.6 is 11.3 Å². The van der Waals surface area contributed by atoms with Gasteiger partial charge < -0.3 is 19.8 Å². The van der Waals surface area contributed by atoms with Crippen LogP contribution in [0.15, 0.2) is 46.7 Å². The number of likely N-dealkylation sites (N-methyl/N-ethyl adjacent to an activating group) is 1. The van der Waals surface area contributed by atoms with Crippen molar-refractivity contribution in [2.45, 2.75) is 38.6 Å². The summed E-state index contributed by atoms with van der Waals surface area (Å²) in [5, 5.41) is 2.07. The van der Waals surface area contributed by atoms with E-state index < -0.39 is 0 Å². The van der Waals surface area contributed by atoms with Crippen LogP contribution < -0.4 is 10.5 Å². The molecule has 1 atom stereocenters. The molecule has 10 heteroatoms. The first-order chi connectivity index (χ1) is 18.9. The summed E-state index contributed by atoms with van der Waals surface area (Å²) in [6, 6.07) is 9.54. The van der Waals surface area contributed by atoms with Gasteiger partial charge in [0.05, 0.1) is 27.8 Å². The second kappa shape index (κ2) is 10.4. The lowest BCUT2D eigenvalue weighted by atomic mass is 10.1.